The summed E-state index contributed by atoms with van der Waals surface area (Å²) in [5, 5.41) is 8.78. The van der Waals surface area contributed by atoms with Gasteiger partial charge in [0.1, 0.15) is 0 Å². The monoisotopic (exact) mass is 358 g/mol. The summed E-state index contributed by atoms with van der Waals surface area (Å²) >= 11 is 6.71. The predicted octanol–water partition coefficient (Wildman–Crippen LogP) is 2.60. The van der Waals surface area contributed by atoms with E-state index in [0.29, 0.717) is 12.1 Å². The molecule has 0 bridgehead atoms. The number of aliphatic hydroxyl groups excluding tert-OH is 1. The van der Waals surface area contributed by atoms with Gasteiger partial charge < -0.3 is 16.6 Å². The Bertz CT molecular complexity index is 336. The standard InChI is InChI=1S/C9H12Br2N2O.ClH/c10-5-3-6(8(12)1-2-14)9(13)7(11)4-5;/h3-4,8,14H,1-2,12-13H2;1H/t8-;/m0./s1. The molecule has 0 unspecified atom stereocenters. The molecule has 0 saturated carbocycles. The summed E-state index contributed by atoms with van der Waals surface area (Å²) in [4.78, 5) is 0. The first-order valence-corrected chi connectivity index (χ1v) is 5.75. The van der Waals surface area contributed by atoms with Crippen LogP contribution in [0.5, 0.6) is 0 Å². The van der Waals surface area contributed by atoms with Gasteiger partial charge in [-0.15, -0.1) is 12.4 Å². The Balaban J connectivity index is 0.00000196. The van der Waals surface area contributed by atoms with E-state index in [4.69, 9.17) is 16.6 Å². The molecule has 0 fully saturated rings. The van der Waals surface area contributed by atoms with Crippen molar-refractivity contribution in [2.24, 2.45) is 5.73 Å². The number of nitrogens with two attached hydrogens (primary N) is 2. The minimum atomic E-state index is -0.228. The molecule has 0 heterocycles. The molecule has 0 aromatic heterocycles. The zero-order valence-electron chi connectivity index (χ0n) is 7.91. The molecule has 0 spiro atoms. The number of hydrogen-bond donors (Lipinski definition) is 3. The zero-order valence-corrected chi connectivity index (χ0v) is 11.9. The maximum Gasteiger partial charge on any atom is 0.0507 e. The molecule has 3 nitrogen and oxygen atoms in total. The topological polar surface area (TPSA) is 72.3 Å². The van der Waals surface area contributed by atoms with Gasteiger partial charge >= 0.3 is 0 Å². The third-order valence-electron chi connectivity index (χ3n) is 1.97. The van der Waals surface area contributed by atoms with Crippen molar-refractivity contribution in [2.75, 3.05) is 12.3 Å². The van der Waals surface area contributed by atoms with Crippen LogP contribution in [-0.2, 0) is 0 Å². The fourth-order valence-electron chi connectivity index (χ4n) is 1.21. The van der Waals surface area contributed by atoms with Crippen molar-refractivity contribution in [1.29, 1.82) is 0 Å². The van der Waals surface area contributed by atoms with Crippen LogP contribution in [0.3, 0.4) is 0 Å². The molecule has 0 aliphatic heterocycles. The largest absolute Gasteiger partial charge is 0.398 e. The number of rotatable bonds is 3. The minimum absolute atomic E-state index is 0. The van der Waals surface area contributed by atoms with Gasteiger partial charge in [0.05, 0.1) is 5.69 Å². The van der Waals surface area contributed by atoms with Crippen LogP contribution >= 0.6 is 44.3 Å². The van der Waals surface area contributed by atoms with Gasteiger partial charge in [-0.2, -0.15) is 0 Å². The molecule has 86 valence electrons. The molecule has 6 heteroatoms. The molecule has 1 aromatic carbocycles. The predicted molar refractivity (Wildman–Crippen MR) is 72.1 cm³/mol. The second kappa shape index (κ2) is 6.70. The van der Waals surface area contributed by atoms with E-state index in [1.807, 2.05) is 12.1 Å². The lowest BCUT2D eigenvalue weighted by atomic mass is 10.0. The van der Waals surface area contributed by atoms with Crippen LogP contribution in [0.1, 0.15) is 18.0 Å². The van der Waals surface area contributed by atoms with Crippen molar-refractivity contribution in [1.82, 2.24) is 0 Å². The van der Waals surface area contributed by atoms with Gasteiger partial charge in [-0.25, -0.2) is 0 Å². The van der Waals surface area contributed by atoms with Crippen molar-refractivity contribution in [2.45, 2.75) is 12.5 Å². The first kappa shape index (κ1) is 15.2. The van der Waals surface area contributed by atoms with Gasteiger partial charge in [0.15, 0.2) is 0 Å². The molecule has 1 rings (SSSR count). The highest BCUT2D eigenvalue weighted by Gasteiger charge is 2.12. The lowest BCUT2D eigenvalue weighted by molar-refractivity contribution is 0.276. The SMILES string of the molecule is Cl.Nc1c(Br)cc(Br)cc1[C@@H](N)CCO. The van der Waals surface area contributed by atoms with E-state index in [1.54, 1.807) is 0 Å². The van der Waals surface area contributed by atoms with Crippen LogP contribution in [0, 0.1) is 0 Å². The fraction of sp³-hybridized carbons (Fsp3) is 0.333. The molecular weight excluding hydrogens is 347 g/mol. The fourth-order valence-corrected chi connectivity index (χ4v) is 2.46. The molecule has 0 aliphatic carbocycles. The number of benzene rings is 1. The van der Waals surface area contributed by atoms with E-state index in [0.717, 1.165) is 14.5 Å². The third kappa shape index (κ3) is 3.92. The summed E-state index contributed by atoms with van der Waals surface area (Å²) in [7, 11) is 0. The molecule has 15 heavy (non-hydrogen) atoms. The third-order valence-corrected chi connectivity index (χ3v) is 3.08. The molecule has 1 aromatic rings. The average Bonchev–Trinajstić information content (AvgIpc) is 2.11. The molecule has 5 N–H and O–H groups in total. The molecule has 0 saturated heterocycles. The smallest absolute Gasteiger partial charge is 0.0507 e. The van der Waals surface area contributed by atoms with Crippen LogP contribution in [0.2, 0.25) is 0 Å². The molecule has 0 aliphatic rings. The lowest BCUT2D eigenvalue weighted by Gasteiger charge is -2.14. The quantitative estimate of drug-likeness (QED) is 0.726. The highest BCUT2D eigenvalue weighted by atomic mass is 79.9. The van der Waals surface area contributed by atoms with Gasteiger partial charge in [0.25, 0.3) is 0 Å². The summed E-state index contributed by atoms with van der Waals surface area (Å²) in [5.74, 6) is 0. The minimum Gasteiger partial charge on any atom is -0.398 e. The maximum absolute atomic E-state index is 8.78. The van der Waals surface area contributed by atoms with Crippen molar-refractivity contribution in [3.63, 3.8) is 0 Å². The Morgan fingerprint density at radius 1 is 1.33 bits per heavy atom. The van der Waals surface area contributed by atoms with Crippen LogP contribution in [0.4, 0.5) is 5.69 Å². The number of anilines is 1. The van der Waals surface area contributed by atoms with E-state index in [-0.39, 0.29) is 25.1 Å². The number of hydrogen-bond acceptors (Lipinski definition) is 3. The van der Waals surface area contributed by atoms with E-state index in [1.165, 1.54) is 0 Å². The van der Waals surface area contributed by atoms with Crippen LogP contribution in [0.15, 0.2) is 21.1 Å². The average molecular weight is 360 g/mol. The molecule has 0 amide bonds. The summed E-state index contributed by atoms with van der Waals surface area (Å²) in [6.45, 7) is 0.0603. The first-order chi connectivity index (χ1) is 6.56. The van der Waals surface area contributed by atoms with Crippen molar-refractivity contribution in [3.8, 4) is 0 Å². The van der Waals surface area contributed by atoms with Crippen LogP contribution < -0.4 is 11.5 Å². The Labute approximate surface area is 112 Å². The number of aliphatic hydroxyl groups is 1. The lowest BCUT2D eigenvalue weighted by Crippen LogP contribution is -2.14. The van der Waals surface area contributed by atoms with Crippen molar-refractivity contribution >= 4 is 50.0 Å². The summed E-state index contributed by atoms with van der Waals surface area (Å²) in [6, 6.07) is 3.51. The Morgan fingerprint density at radius 2 is 1.93 bits per heavy atom. The van der Waals surface area contributed by atoms with Gasteiger partial charge in [-0.1, -0.05) is 15.9 Å². The molecule has 0 radical (unpaired) electrons. The number of halogens is 3. The van der Waals surface area contributed by atoms with Gasteiger partial charge in [0.2, 0.25) is 0 Å². The van der Waals surface area contributed by atoms with Gasteiger partial charge in [0, 0.05) is 21.6 Å². The van der Waals surface area contributed by atoms with Crippen molar-refractivity contribution in [3.05, 3.63) is 26.6 Å². The Kier molecular flexibility index (Phi) is 6.79. The maximum atomic E-state index is 8.78. The van der Waals surface area contributed by atoms with Crippen LogP contribution in [0.25, 0.3) is 0 Å². The summed E-state index contributed by atoms with van der Waals surface area (Å²) in [6.07, 6.45) is 0.507. The van der Waals surface area contributed by atoms with Crippen molar-refractivity contribution < 1.29 is 5.11 Å². The highest BCUT2D eigenvalue weighted by molar-refractivity contribution is 9.11. The van der Waals surface area contributed by atoms with E-state index in [2.05, 4.69) is 31.9 Å². The van der Waals surface area contributed by atoms with E-state index >= 15 is 0 Å². The van der Waals surface area contributed by atoms with Crippen LogP contribution in [-0.4, -0.2) is 11.7 Å². The zero-order chi connectivity index (χ0) is 10.7. The van der Waals surface area contributed by atoms with E-state index < -0.39 is 0 Å². The molecular formula is C9H13Br2ClN2O. The van der Waals surface area contributed by atoms with Gasteiger partial charge in [-0.3, -0.25) is 0 Å². The summed E-state index contributed by atoms with van der Waals surface area (Å²) in [5.41, 5.74) is 13.2. The number of nitrogen functional groups attached to an aromatic ring is 1. The molecule has 1 atom stereocenters. The van der Waals surface area contributed by atoms with E-state index in [9.17, 15) is 0 Å². The second-order valence-corrected chi connectivity index (χ2v) is 4.78. The Morgan fingerprint density at radius 3 is 2.47 bits per heavy atom. The van der Waals surface area contributed by atoms with Gasteiger partial charge in [-0.05, 0) is 40.0 Å². The second-order valence-electron chi connectivity index (χ2n) is 3.01. The first-order valence-electron chi connectivity index (χ1n) is 4.17. The Hall–Kier alpha value is 0.190. The highest BCUT2D eigenvalue weighted by Crippen LogP contribution is 2.32. The normalized spacial score (nSPS) is 12.0. The summed E-state index contributed by atoms with van der Waals surface area (Å²) < 4.78 is 1.73.